The van der Waals surface area contributed by atoms with Gasteiger partial charge in [0.15, 0.2) is 0 Å². The van der Waals surface area contributed by atoms with Crippen LogP contribution in [0, 0.1) is 17.3 Å². The van der Waals surface area contributed by atoms with Gasteiger partial charge in [0.2, 0.25) is 17.7 Å². The van der Waals surface area contributed by atoms with Gasteiger partial charge in [-0.3, -0.25) is 14.4 Å². The second-order valence-electron chi connectivity index (χ2n) is 14.1. The number of carbonyl (C=O) groups excluding carboxylic acids is 3. The normalized spacial score (nSPS) is 28.5. The van der Waals surface area contributed by atoms with E-state index in [1.807, 2.05) is 51.1 Å². The fourth-order valence-corrected chi connectivity index (χ4v) is 8.77. The molecule has 0 saturated carbocycles. The predicted molar refractivity (Wildman–Crippen MR) is 171 cm³/mol. The molecule has 7 atom stereocenters. The van der Waals surface area contributed by atoms with E-state index in [1.165, 1.54) is 4.90 Å². The summed E-state index contributed by atoms with van der Waals surface area (Å²) in [5.74, 6) is -2.12. The molecule has 0 radical (unpaired) electrons. The van der Waals surface area contributed by atoms with Crippen molar-refractivity contribution in [3.05, 3.63) is 60.2 Å². The first-order valence-corrected chi connectivity index (χ1v) is 16.3. The van der Waals surface area contributed by atoms with Gasteiger partial charge < -0.3 is 30.1 Å². The fourth-order valence-electron chi connectivity index (χ4n) is 7.83. The van der Waals surface area contributed by atoms with Crippen molar-refractivity contribution in [3.63, 3.8) is 0 Å². The van der Waals surface area contributed by atoms with Crippen molar-refractivity contribution in [1.29, 1.82) is 0 Å². The topological polar surface area (TPSA) is 117 Å². The monoisotopic (exact) mass is 669 g/mol. The van der Waals surface area contributed by atoms with E-state index in [2.05, 4.69) is 47.3 Å². The summed E-state index contributed by atoms with van der Waals surface area (Å²) >= 11 is 3.73. The number of likely N-dealkylation sites (tertiary alicyclic amines) is 1. The van der Waals surface area contributed by atoms with Crippen LogP contribution in [0.4, 0.5) is 5.69 Å². The average Bonchev–Trinajstić information content (AvgIpc) is 3.53. The number of hydrogen-bond acceptors (Lipinski definition) is 6. The highest BCUT2D eigenvalue weighted by Crippen LogP contribution is 2.61. The maximum absolute atomic E-state index is 14.6. The van der Waals surface area contributed by atoms with Crippen LogP contribution in [-0.4, -0.2) is 69.1 Å². The van der Waals surface area contributed by atoms with Crippen molar-refractivity contribution in [1.82, 2.24) is 10.2 Å². The van der Waals surface area contributed by atoms with Gasteiger partial charge >= 0.3 is 0 Å². The summed E-state index contributed by atoms with van der Waals surface area (Å²) in [5, 5.41) is 16.9. The molecule has 3 saturated heterocycles. The second-order valence-corrected chi connectivity index (χ2v) is 15.3. The number of anilines is 1. The third kappa shape index (κ3) is 6.00. The van der Waals surface area contributed by atoms with E-state index in [4.69, 9.17) is 9.47 Å². The molecule has 10 heteroatoms. The number of aliphatic hydroxyl groups is 1. The number of alkyl halides is 1. The highest BCUT2D eigenvalue weighted by atomic mass is 79.9. The highest BCUT2D eigenvalue weighted by molar-refractivity contribution is 9.09. The van der Waals surface area contributed by atoms with Crippen LogP contribution in [0.1, 0.15) is 66.0 Å². The van der Waals surface area contributed by atoms with Gasteiger partial charge in [-0.1, -0.05) is 67.0 Å². The molecule has 3 amide bonds. The smallest absolute Gasteiger partial charge is 0.246 e. The zero-order valence-electron chi connectivity index (χ0n) is 26.3. The van der Waals surface area contributed by atoms with Gasteiger partial charge in [0.1, 0.15) is 17.4 Å². The number of nitrogens with zero attached hydrogens (tertiary/aromatic N) is 1. The summed E-state index contributed by atoms with van der Waals surface area (Å²) in [4.78, 5) is 44.2. The number of aliphatic hydroxyl groups excluding tert-OH is 1. The number of hydrogen-bond donors (Lipinski definition) is 3. The van der Waals surface area contributed by atoms with E-state index in [0.717, 1.165) is 0 Å². The second kappa shape index (κ2) is 12.1. The van der Waals surface area contributed by atoms with Crippen molar-refractivity contribution in [2.24, 2.45) is 17.3 Å². The molecular weight excluding hydrogens is 626 g/mol. The molecule has 238 valence electrons. The zero-order chi connectivity index (χ0) is 32.0. The molecular formula is C34H44BrN3O6. The first-order chi connectivity index (χ1) is 20.7. The van der Waals surface area contributed by atoms with Gasteiger partial charge in [-0.15, -0.1) is 0 Å². The van der Waals surface area contributed by atoms with Gasteiger partial charge in [0.25, 0.3) is 0 Å². The SMILES string of the molecule is CCOc1ccc(NC(=O)[C@H]2[C@@H]3OC4(CC3Br)C(C(=O)NC(C)(C)CC(C)(C)C)N([C@H](CO)c3ccccc3)C(=O)[C@H]24)cc1. The minimum absolute atomic E-state index is 0.0617. The number of rotatable bonds is 10. The number of amides is 3. The quantitative estimate of drug-likeness (QED) is 0.312. The lowest BCUT2D eigenvalue weighted by atomic mass is 9.70. The number of benzene rings is 2. The predicted octanol–water partition coefficient (Wildman–Crippen LogP) is 4.84. The molecule has 2 aromatic carbocycles. The Morgan fingerprint density at radius 2 is 1.75 bits per heavy atom. The minimum Gasteiger partial charge on any atom is -0.494 e. The van der Waals surface area contributed by atoms with Crippen molar-refractivity contribution >= 4 is 39.3 Å². The summed E-state index contributed by atoms with van der Waals surface area (Å²) in [6, 6.07) is 14.4. The summed E-state index contributed by atoms with van der Waals surface area (Å²) in [5.41, 5.74) is -0.629. The van der Waals surface area contributed by atoms with Crippen LogP contribution >= 0.6 is 15.9 Å². The van der Waals surface area contributed by atoms with Gasteiger partial charge in [0, 0.05) is 16.1 Å². The van der Waals surface area contributed by atoms with Crippen LogP contribution in [0.5, 0.6) is 5.75 Å². The van der Waals surface area contributed by atoms with Crippen LogP contribution < -0.4 is 15.4 Å². The molecule has 3 aliphatic rings. The third-order valence-corrected chi connectivity index (χ3v) is 9.68. The van der Waals surface area contributed by atoms with E-state index in [1.54, 1.807) is 24.3 Å². The average molecular weight is 671 g/mol. The molecule has 1 spiro atoms. The Hall–Kier alpha value is -2.95. The van der Waals surface area contributed by atoms with E-state index in [0.29, 0.717) is 36.4 Å². The lowest BCUT2D eigenvalue weighted by Crippen LogP contribution is -2.60. The number of fused-ring (bicyclic) bond motifs is 1. The van der Waals surface area contributed by atoms with Crippen LogP contribution in [0.2, 0.25) is 0 Å². The standard InChI is InChI=1S/C34H44BrN3O6/c1-7-43-22-15-13-21(14-16-22)36-29(40)25-26-31(42)38(24(18-39)20-11-9-8-10-12-20)28(34(26)17-23(35)27(25)44-34)30(41)37-33(5,6)19-32(2,3)4/h8-16,23-28,39H,7,17-19H2,1-6H3,(H,36,40)(H,37,41)/t23?,24-,25-,26+,27-,28?,34?/m1/s1. The molecule has 2 bridgehead atoms. The zero-order valence-corrected chi connectivity index (χ0v) is 27.9. The number of halogens is 1. The van der Waals surface area contributed by atoms with E-state index in [-0.39, 0.29) is 28.0 Å². The minimum atomic E-state index is -1.25. The van der Waals surface area contributed by atoms with E-state index < -0.39 is 47.8 Å². The Balaban J connectivity index is 1.53. The third-order valence-electron chi connectivity index (χ3n) is 8.84. The van der Waals surface area contributed by atoms with Crippen molar-refractivity contribution in [2.45, 2.75) is 88.5 Å². The molecule has 2 aromatic rings. The summed E-state index contributed by atoms with van der Waals surface area (Å²) < 4.78 is 12.2. The number of ether oxygens (including phenoxy) is 2. The Morgan fingerprint density at radius 3 is 2.34 bits per heavy atom. The number of nitrogens with one attached hydrogen (secondary N) is 2. The van der Waals surface area contributed by atoms with Crippen molar-refractivity contribution in [3.8, 4) is 5.75 Å². The van der Waals surface area contributed by atoms with E-state index >= 15 is 0 Å². The molecule has 3 unspecified atom stereocenters. The Morgan fingerprint density at radius 1 is 1.09 bits per heavy atom. The van der Waals surface area contributed by atoms with Gasteiger partial charge in [-0.2, -0.15) is 0 Å². The molecule has 9 nitrogen and oxygen atoms in total. The molecule has 44 heavy (non-hydrogen) atoms. The Kier molecular flexibility index (Phi) is 8.92. The van der Waals surface area contributed by atoms with Crippen LogP contribution in [0.15, 0.2) is 54.6 Å². The van der Waals surface area contributed by atoms with Crippen LogP contribution in [0.25, 0.3) is 0 Å². The molecule has 0 aromatic heterocycles. The lowest BCUT2D eigenvalue weighted by Gasteiger charge is -2.40. The summed E-state index contributed by atoms with van der Waals surface area (Å²) in [6.07, 6.45) is 0.473. The van der Waals surface area contributed by atoms with Crippen molar-refractivity contribution in [2.75, 3.05) is 18.5 Å². The largest absolute Gasteiger partial charge is 0.494 e. The summed E-state index contributed by atoms with van der Waals surface area (Å²) in [6.45, 7) is 12.3. The maximum atomic E-state index is 14.6. The Labute approximate surface area is 268 Å². The maximum Gasteiger partial charge on any atom is 0.246 e. The molecule has 3 aliphatic heterocycles. The first-order valence-electron chi connectivity index (χ1n) is 15.4. The number of carbonyl (C=O) groups is 3. The van der Waals surface area contributed by atoms with Gasteiger partial charge in [-0.05, 0) is 68.9 Å². The van der Waals surface area contributed by atoms with Crippen LogP contribution in [-0.2, 0) is 19.1 Å². The van der Waals surface area contributed by atoms with E-state index in [9.17, 15) is 19.5 Å². The lowest BCUT2D eigenvalue weighted by molar-refractivity contribution is -0.146. The molecule has 3 fully saturated rings. The molecule has 5 rings (SSSR count). The Bertz CT molecular complexity index is 1380. The van der Waals surface area contributed by atoms with Gasteiger partial charge in [0.05, 0.1) is 37.2 Å². The highest BCUT2D eigenvalue weighted by Gasteiger charge is 2.77. The van der Waals surface area contributed by atoms with Crippen molar-refractivity contribution < 1.29 is 29.0 Å². The molecule has 3 N–H and O–H groups in total. The fraction of sp³-hybridized carbons (Fsp3) is 0.559. The molecule has 3 heterocycles. The molecule has 0 aliphatic carbocycles. The summed E-state index contributed by atoms with van der Waals surface area (Å²) in [7, 11) is 0. The first kappa shape index (κ1) is 32.4. The van der Waals surface area contributed by atoms with Gasteiger partial charge in [-0.25, -0.2) is 0 Å². The van der Waals surface area contributed by atoms with Crippen LogP contribution in [0.3, 0.4) is 0 Å².